The van der Waals surface area contributed by atoms with Crippen LogP contribution in [0.2, 0.25) is 0 Å². The molecule has 1 fully saturated rings. The molecule has 0 aliphatic heterocycles. The molecule has 0 saturated heterocycles. The van der Waals surface area contributed by atoms with Crippen molar-refractivity contribution < 1.29 is 0 Å². The van der Waals surface area contributed by atoms with Gasteiger partial charge >= 0.3 is 0 Å². The third-order valence-corrected chi connectivity index (χ3v) is 7.46. The molecule has 2 aromatic heterocycles. The van der Waals surface area contributed by atoms with E-state index in [0.717, 1.165) is 24.0 Å². The van der Waals surface area contributed by atoms with Crippen LogP contribution in [0.3, 0.4) is 0 Å². The van der Waals surface area contributed by atoms with Crippen LogP contribution in [0.5, 0.6) is 0 Å². The van der Waals surface area contributed by atoms with Gasteiger partial charge in [0.15, 0.2) is 0 Å². The van der Waals surface area contributed by atoms with Crippen LogP contribution in [0.1, 0.15) is 80.1 Å². The second-order valence-corrected chi connectivity index (χ2v) is 11.9. The Morgan fingerprint density at radius 3 is 2.42 bits per heavy atom. The maximum absolute atomic E-state index is 10.1. The molecule has 200 valence electrons. The number of anilines is 2. The Labute approximate surface area is 234 Å². The maximum Gasteiger partial charge on any atom is 0.110 e. The standard InChI is InChI=1S/C31H31N9/c1-19-20(13-32)7-6-8-24(19)29(26-17-40(39-38-26)31(5)9-10-31)37-23-11-21(14-33)27-25(12-23)28(22(15-34)16-35-27)36-18-30(2,3)4/h6-8,11-12,16-17,29,37H,9-10,18H2,1-5H3,(H,35,36)/t29-/m0/s1. The normalized spacial score (nSPS) is 14.6. The van der Waals surface area contributed by atoms with Gasteiger partial charge in [-0.05, 0) is 61.4 Å². The summed E-state index contributed by atoms with van der Waals surface area (Å²) < 4.78 is 1.92. The van der Waals surface area contributed by atoms with Gasteiger partial charge in [0.2, 0.25) is 0 Å². The maximum atomic E-state index is 10.1. The SMILES string of the molecule is Cc1c(C#N)cccc1[C@H](Nc1cc(C#N)c2ncc(C#N)c(NCC(C)(C)C)c2c1)c1cn(C2(C)CC2)nn1. The fraction of sp³-hybridized carbons (Fsp3) is 0.355. The summed E-state index contributed by atoms with van der Waals surface area (Å²) in [6.07, 6.45) is 5.57. The zero-order valence-corrected chi connectivity index (χ0v) is 23.4. The van der Waals surface area contributed by atoms with Gasteiger partial charge in [-0.15, -0.1) is 5.10 Å². The first-order valence-electron chi connectivity index (χ1n) is 13.3. The van der Waals surface area contributed by atoms with E-state index in [0.29, 0.717) is 51.2 Å². The highest BCUT2D eigenvalue weighted by Gasteiger charge is 2.41. The summed E-state index contributed by atoms with van der Waals surface area (Å²) in [6, 6.07) is 15.7. The van der Waals surface area contributed by atoms with Crippen LogP contribution in [0, 0.1) is 46.3 Å². The van der Waals surface area contributed by atoms with Gasteiger partial charge in [-0.1, -0.05) is 38.1 Å². The number of benzene rings is 2. The van der Waals surface area contributed by atoms with Crippen molar-refractivity contribution in [2.45, 2.75) is 59.0 Å². The Morgan fingerprint density at radius 2 is 1.77 bits per heavy atom. The Balaban J connectivity index is 1.66. The Kier molecular flexibility index (Phi) is 6.65. The molecule has 0 bridgehead atoms. The van der Waals surface area contributed by atoms with Crippen molar-refractivity contribution in [2.24, 2.45) is 5.41 Å². The number of hydrogen-bond acceptors (Lipinski definition) is 8. The molecule has 1 aliphatic rings. The third kappa shape index (κ3) is 5.05. The highest BCUT2D eigenvalue weighted by atomic mass is 15.5. The number of hydrogen-bond donors (Lipinski definition) is 2. The minimum atomic E-state index is -0.438. The molecule has 1 atom stereocenters. The molecular formula is C31H31N9. The summed E-state index contributed by atoms with van der Waals surface area (Å²) in [5.41, 5.74) is 5.60. The van der Waals surface area contributed by atoms with Crippen LogP contribution in [-0.4, -0.2) is 26.5 Å². The number of fused-ring (bicyclic) bond motifs is 1. The van der Waals surface area contributed by atoms with Gasteiger partial charge in [-0.2, -0.15) is 15.8 Å². The first kappa shape index (κ1) is 26.7. The van der Waals surface area contributed by atoms with Crippen molar-refractivity contribution in [2.75, 3.05) is 17.2 Å². The highest BCUT2D eigenvalue weighted by Crippen LogP contribution is 2.43. The van der Waals surface area contributed by atoms with Crippen molar-refractivity contribution in [1.82, 2.24) is 20.0 Å². The summed E-state index contributed by atoms with van der Waals surface area (Å²) in [4.78, 5) is 4.46. The van der Waals surface area contributed by atoms with Gasteiger partial charge in [-0.25, -0.2) is 4.68 Å². The smallest absolute Gasteiger partial charge is 0.110 e. The zero-order chi connectivity index (χ0) is 28.7. The van der Waals surface area contributed by atoms with E-state index in [4.69, 9.17) is 0 Å². The van der Waals surface area contributed by atoms with E-state index in [2.05, 4.69) is 71.8 Å². The second kappa shape index (κ2) is 9.98. The molecule has 2 heterocycles. The van der Waals surface area contributed by atoms with E-state index in [1.54, 1.807) is 12.1 Å². The molecule has 2 N–H and O–H groups in total. The molecule has 0 spiro atoms. The Bertz CT molecular complexity index is 1730. The molecule has 0 radical (unpaired) electrons. The van der Waals surface area contributed by atoms with Crippen molar-refractivity contribution in [3.63, 3.8) is 0 Å². The summed E-state index contributed by atoms with van der Waals surface area (Å²) >= 11 is 0. The van der Waals surface area contributed by atoms with Crippen LogP contribution in [-0.2, 0) is 5.54 Å². The van der Waals surface area contributed by atoms with E-state index in [1.165, 1.54) is 6.20 Å². The molecule has 0 unspecified atom stereocenters. The molecule has 9 nitrogen and oxygen atoms in total. The average Bonchev–Trinajstić information content (AvgIpc) is 3.48. The van der Waals surface area contributed by atoms with Gasteiger partial charge in [0, 0.05) is 23.8 Å². The quantitative estimate of drug-likeness (QED) is 0.301. The minimum Gasteiger partial charge on any atom is -0.383 e. The zero-order valence-electron chi connectivity index (χ0n) is 23.4. The number of pyridine rings is 1. The lowest BCUT2D eigenvalue weighted by Crippen LogP contribution is -2.20. The number of nitrogens with zero attached hydrogens (tertiary/aromatic N) is 7. The van der Waals surface area contributed by atoms with Crippen LogP contribution in [0.25, 0.3) is 10.9 Å². The van der Waals surface area contributed by atoms with Crippen molar-refractivity contribution >= 4 is 22.3 Å². The molecule has 1 saturated carbocycles. The van der Waals surface area contributed by atoms with Crippen molar-refractivity contribution in [1.29, 1.82) is 15.8 Å². The predicted molar refractivity (Wildman–Crippen MR) is 153 cm³/mol. The molecule has 9 heteroatoms. The molecule has 5 rings (SSSR count). The number of nitrogens with one attached hydrogen (secondary N) is 2. The van der Waals surface area contributed by atoms with Crippen LogP contribution < -0.4 is 10.6 Å². The summed E-state index contributed by atoms with van der Waals surface area (Å²) in [6.45, 7) is 11.0. The summed E-state index contributed by atoms with van der Waals surface area (Å²) in [5.74, 6) is 0. The van der Waals surface area contributed by atoms with Gasteiger partial charge in [-0.3, -0.25) is 4.98 Å². The summed E-state index contributed by atoms with van der Waals surface area (Å²) in [5, 5.41) is 46.3. The number of rotatable bonds is 7. The molecule has 0 amide bonds. The molecule has 4 aromatic rings. The fourth-order valence-electron chi connectivity index (χ4n) is 4.75. The number of nitriles is 3. The molecule has 40 heavy (non-hydrogen) atoms. The van der Waals surface area contributed by atoms with E-state index >= 15 is 0 Å². The van der Waals surface area contributed by atoms with Crippen LogP contribution in [0.15, 0.2) is 42.7 Å². The molecule has 2 aromatic carbocycles. The fourth-order valence-corrected chi connectivity index (χ4v) is 4.75. The van der Waals surface area contributed by atoms with E-state index in [9.17, 15) is 15.8 Å². The van der Waals surface area contributed by atoms with Gasteiger partial charge in [0.05, 0.1) is 51.7 Å². The predicted octanol–water partition coefficient (Wildman–Crippen LogP) is 5.92. The van der Waals surface area contributed by atoms with Gasteiger partial charge in [0.25, 0.3) is 0 Å². The lowest BCUT2D eigenvalue weighted by molar-refractivity contribution is 0.443. The third-order valence-electron chi connectivity index (χ3n) is 7.46. The number of aromatic nitrogens is 4. The topological polar surface area (TPSA) is 139 Å². The second-order valence-electron chi connectivity index (χ2n) is 11.9. The van der Waals surface area contributed by atoms with Crippen LogP contribution in [0.4, 0.5) is 11.4 Å². The average molecular weight is 530 g/mol. The first-order chi connectivity index (χ1) is 19.1. The van der Waals surface area contributed by atoms with Gasteiger partial charge in [0.1, 0.15) is 17.8 Å². The molecular weight excluding hydrogens is 498 g/mol. The van der Waals surface area contributed by atoms with E-state index in [-0.39, 0.29) is 11.0 Å². The van der Waals surface area contributed by atoms with E-state index < -0.39 is 6.04 Å². The minimum absolute atomic E-state index is 0.0245. The lowest BCUT2D eigenvalue weighted by atomic mass is 9.94. The largest absolute Gasteiger partial charge is 0.383 e. The van der Waals surface area contributed by atoms with Crippen LogP contribution >= 0.6 is 0 Å². The Hall–Kier alpha value is -4.94. The van der Waals surface area contributed by atoms with Crippen molar-refractivity contribution in [3.8, 4) is 18.2 Å². The van der Waals surface area contributed by atoms with E-state index in [1.807, 2.05) is 36.0 Å². The van der Waals surface area contributed by atoms with Crippen molar-refractivity contribution in [3.05, 3.63) is 76.2 Å². The highest BCUT2D eigenvalue weighted by molar-refractivity contribution is 5.99. The monoisotopic (exact) mass is 529 g/mol. The summed E-state index contributed by atoms with van der Waals surface area (Å²) in [7, 11) is 0. The Morgan fingerprint density at radius 1 is 1.05 bits per heavy atom. The van der Waals surface area contributed by atoms with Gasteiger partial charge < -0.3 is 10.6 Å². The lowest BCUT2D eigenvalue weighted by Gasteiger charge is -2.23. The molecule has 1 aliphatic carbocycles. The first-order valence-corrected chi connectivity index (χ1v) is 13.3.